The van der Waals surface area contributed by atoms with E-state index in [-0.39, 0.29) is 16.9 Å². The normalized spacial score (nSPS) is 10.5. The summed E-state index contributed by atoms with van der Waals surface area (Å²) >= 11 is 1.09. The number of carbonyl (C=O) groups excluding carboxylic acids is 1. The fraction of sp³-hybridized carbons (Fsp3) is 0.250. The van der Waals surface area contributed by atoms with E-state index >= 15 is 0 Å². The third kappa shape index (κ3) is 4.80. The molecule has 29 heavy (non-hydrogen) atoms. The van der Waals surface area contributed by atoms with Crippen molar-refractivity contribution in [3.8, 4) is 34.5 Å². The topological polar surface area (TPSA) is 92.9 Å². The number of methoxy groups -OCH3 is 3. The van der Waals surface area contributed by atoms with Gasteiger partial charge >= 0.3 is 5.97 Å². The molecule has 0 saturated carbocycles. The summed E-state index contributed by atoms with van der Waals surface area (Å²) in [5, 5.41) is 8.24. The van der Waals surface area contributed by atoms with Crippen LogP contribution < -0.4 is 18.9 Å². The number of benzene rings is 2. The average Bonchev–Trinajstić information content (AvgIpc) is 3.22. The van der Waals surface area contributed by atoms with E-state index in [1.807, 2.05) is 25.1 Å². The highest BCUT2D eigenvalue weighted by atomic mass is 32.2. The molecule has 3 rings (SSSR count). The van der Waals surface area contributed by atoms with E-state index in [4.69, 9.17) is 23.4 Å². The van der Waals surface area contributed by atoms with Crippen molar-refractivity contribution in [1.29, 1.82) is 0 Å². The average molecular weight is 416 g/mol. The van der Waals surface area contributed by atoms with Gasteiger partial charge in [-0.2, -0.15) is 0 Å². The van der Waals surface area contributed by atoms with Gasteiger partial charge in [-0.3, -0.25) is 4.79 Å². The summed E-state index contributed by atoms with van der Waals surface area (Å²) in [4.78, 5) is 12.1. The molecule has 1 heterocycles. The Hall–Kier alpha value is -3.20. The number of ether oxygens (including phenoxy) is 4. The summed E-state index contributed by atoms with van der Waals surface area (Å²) in [6.45, 7) is 1.87. The Kier molecular flexibility index (Phi) is 6.61. The van der Waals surface area contributed by atoms with Gasteiger partial charge in [-0.25, -0.2) is 0 Å². The highest BCUT2D eigenvalue weighted by Gasteiger charge is 2.18. The van der Waals surface area contributed by atoms with Gasteiger partial charge < -0.3 is 23.4 Å². The molecule has 0 spiro atoms. The second kappa shape index (κ2) is 9.33. The lowest BCUT2D eigenvalue weighted by atomic mass is 10.2. The number of hydrogen-bond acceptors (Lipinski definition) is 9. The van der Waals surface area contributed by atoms with E-state index in [2.05, 4.69) is 10.2 Å². The Morgan fingerprint density at radius 2 is 1.69 bits per heavy atom. The molecule has 0 fully saturated rings. The van der Waals surface area contributed by atoms with Crippen LogP contribution in [0.25, 0.3) is 11.5 Å². The summed E-state index contributed by atoms with van der Waals surface area (Å²) < 4.78 is 27.0. The van der Waals surface area contributed by atoms with Crippen LogP contribution in [0.5, 0.6) is 23.0 Å². The van der Waals surface area contributed by atoms with Gasteiger partial charge in [0.1, 0.15) is 11.5 Å². The Labute approximate surface area is 172 Å². The number of hydrogen-bond donors (Lipinski definition) is 0. The van der Waals surface area contributed by atoms with Crippen LogP contribution in [-0.2, 0) is 4.79 Å². The minimum absolute atomic E-state index is 0.0330. The van der Waals surface area contributed by atoms with Crippen LogP contribution in [0.2, 0.25) is 0 Å². The highest BCUT2D eigenvalue weighted by molar-refractivity contribution is 7.99. The molecule has 0 unspecified atom stereocenters. The lowest BCUT2D eigenvalue weighted by Crippen LogP contribution is -2.11. The van der Waals surface area contributed by atoms with Gasteiger partial charge in [0.15, 0.2) is 11.5 Å². The highest BCUT2D eigenvalue weighted by Crippen LogP contribution is 2.41. The van der Waals surface area contributed by atoms with E-state index < -0.39 is 5.97 Å². The van der Waals surface area contributed by atoms with Gasteiger partial charge in [-0.1, -0.05) is 30.0 Å². The van der Waals surface area contributed by atoms with Crippen molar-refractivity contribution in [3.05, 3.63) is 42.0 Å². The third-order valence-corrected chi connectivity index (χ3v) is 4.74. The van der Waals surface area contributed by atoms with E-state index in [0.717, 1.165) is 17.3 Å². The summed E-state index contributed by atoms with van der Waals surface area (Å²) in [6, 6.07) is 10.7. The molecule has 0 aliphatic rings. The van der Waals surface area contributed by atoms with Crippen molar-refractivity contribution in [2.24, 2.45) is 0 Å². The van der Waals surface area contributed by atoms with E-state index in [0.29, 0.717) is 28.6 Å². The SMILES string of the molecule is COc1cc(-c2nnc(SCC(=O)Oc3ccccc3C)o2)cc(OC)c1OC. The molecule has 0 aliphatic heterocycles. The smallest absolute Gasteiger partial charge is 0.321 e. The number of aryl methyl sites for hydroxylation is 1. The first-order valence-corrected chi connectivity index (χ1v) is 9.57. The first kappa shape index (κ1) is 20.5. The maximum atomic E-state index is 12.1. The number of para-hydroxylation sites is 1. The van der Waals surface area contributed by atoms with E-state index in [9.17, 15) is 4.79 Å². The Morgan fingerprint density at radius 3 is 2.31 bits per heavy atom. The first-order chi connectivity index (χ1) is 14.0. The van der Waals surface area contributed by atoms with Gasteiger partial charge in [0.05, 0.1) is 21.3 Å². The van der Waals surface area contributed by atoms with Crippen molar-refractivity contribution in [1.82, 2.24) is 10.2 Å². The largest absolute Gasteiger partial charge is 0.493 e. The van der Waals surface area contributed by atoms with Crippen LogP contribution in [0.1, 0.15) is 5.56 Å². The zero-order chi connectivity index (χ0) is 20.8. The monoisotopic (exact) mass is 416 g/mol. The maximum absolute atomic E-state index is 12.1. The van der Waals surface area contributed by atoms with Gasteiger partial charge in [0.2, 0.25) is 11.6 Å². The van der Waals surface area contributed by atoms with Crippen molar-refractivity contribution in [2.75, 3.05) is 27.1 Å². The second-order valence-corrected chi connectivity index (χ2v) is 6.74. The molecule has 152 valence electrons. The lowest BCUT2D eigenvalue weighted by molar-refractivity contribution is -0.131. The lowest BCUT2D eigenvalue weighted by Gasteiger charge is -2.12. The molecular formula is C20H20N2O6S. The molecule has 0 N–H and O–H groups in total. The Balaban J connectivity index is 1.69. The zero-order valence-electron chi connectivity index (χ0n) is 16.4. The summed E-state index contributed by atoms with van der Waals surface area (Å²) in [5.74, 6) is 1.82. The van der Waals surface area contributed by atoms with Crippen LogP contribution in [0, 0.1) is 6.92 Å². The predicted octanol–water partition coefficient (Wildman–Crippen LogP) is 3.77. The predicted molar refractivity (Wildman–Crippen MR) is 107 cm³/mol. The van der Waals surface area contributed by atoms with E-state index in [1.54, 1.807) is 18.2 Å². The van der Waals surface area contributed by atoms with Crippen molar-refractivity contribution in [3.63, 3.8) is 0 Å². The molecule has 3 aromatic rings. The number of rotatable bonds is 8. The molecule has 0 aliphatic carbocycles. The van der Waals surface area contributed by atoms with E-state index in [1.165, 1.54) is 21.3 Å². The molecule has 0 amide bonds. The van der Waals surface area contributed by atoms with Crippen LogP contribution in [0.15, 0.2) is 46.0 Å². The van der Waals surface area contributed by atoms with Crippen molar-refractivity contribution < 1.29 is 28.2 Å². The molecule has 0 atom stereocenters. The van der Waals surface area contributed by atoms with Crippen molar-refractivity contribution >= 4 is 17.7 Å². The summed E-state index contributed by atoms with van der Waals surface area (Å²) in [7, 11) is 4.57. The quantitative estimate of drug-likeness (QED) is 0.309. The number of aromatic nitrogens is 2. The Morgan fingerprint density at radius 1 is 1.00 bits per heavy atom. The number of nitrogens with zero attached hydrogens (tertiary/aromatic N) is 2. The molecule has 0 bridgehead atoms. The van der Waals surface area contributed by atoms with Gasteiger partial charge in [-0.15, -0.1) is 10.2 Å². The minimum atomic E-state index is -0.406. The van der Waals surface area contributed by atoms with Gasteiger partial charge in [0.25, 0.3) is 5.22 Å². The molecule has 8 nitrogen and oxygen atoms in total. The fourth-order valence-corrected chi connectivity index (χ4v) is 3.07. The molecular weight excluding hydrogens is 396 g/mol. The maximum Gasteiger partial charge on any atom is 0.321 e. The zero-order valence-corrected chi connectivity index (χ0v) is 17.2. The molecule has 9 heteroatoms. The Bertz CT molecular complexity index is 979. The number of carbonyl (C=O) groups is 1. The second-order valence-electron chi connectivity index (χ2n) is 5.82. The van der Waals surface area contributed by atoms with Gasteiger partial charge in [-0.05, 0) is 30.7 Å². The van der Waals surface area contributed by atoms with Crippen LogP contribution in [0.3, 0.4) is 0 Å². The molecule has 0 saturated heterocycles. The summed E-state index contributed by atoms with van der Waals surface area (Å²) in [5.41, 5.74) is 1.48. The first-order valence-electron chi connectivity index (χ1n) is 8.58. The van der Waals surface area contributed by atoms with Crippen LogP contribution in [-0.4, -0.2) is 43.2 Å². The van der Waals surface area contributed by atoms with Crippen molar-refractivity contribution in [2.45, 2.75) is 12.1 Å². The fourth-order valence-electron chi connectivity index (χ4n) is 2.53. The third-order valence-electron chi connectivity index (χ3n) is 3.95. The number of esters is 1. The van der Waals surface area contributed by atoms with Crippen LogP contribution in [0.4, 0.5) is 0 Å². The standard InChI is InChI=1S/C20H20N2O6S/c1-12-7-5-6-8-14(12)27-17(23)11-29-20-22-21-19(28-20)13-9-15(24-2)18(26-4)16(10-13)25-3/h5-10H,11H2,1-4H3. The molecule has 2 aromatic carbocycles. The minimum Gasteiger partial charge on any atom is -0.493 e. The van der Waals surface area contributed by atoms with Crippen LogP contribution >= 0.6 is 11.8 Å². The van der Waals surface area contributed by atoms with Gasteiger partial charge in [0, 0.05) is 5.56 Å². The molecule has 0 radical (unpaired) electrons. The molecule has 1 aromatic heterocycles. The summed E-state index contributed by atoms with van der Waals surface area (Å²) in [6.07, 6.45) is 0. The number of thioether (sulfide) groups is 1.